The maximum absolute atomic E-state index is 12.1. The molecule has 0 spiro atoms. The molecule has 1 N–H and O–H groups in total. The molecule has 0 unspecified atom stereocenters. The summed E-state index contributed by atoms with van der Waals surface area (Å²) >= 11 is 0. The lowest BCUT2D eigenvalue weighted by molar-refractivity contribution is 0.363. The maximum Gasteiger partial charge on any atom is 0.275 e. The monoisotopic (exact) mass is 286 g/mol. The summed E-state index contributed by atoms with van der Waals surface area (Å²) in [6.45, 7) is 3.57. The summed E-state index contributed by atoms with van der Waals surface area (Å²) < 4.78 is 32.1. The van der Waals surface area contributed by atoms with E-state index < -0.39 is 10.0 Å². The molecule has 1 saturated carbocycles. The molecular formula is C13H22N2O3S. The lowest BCUT2D eigenvalue weighted by atomic mass is 9.94. The van der Waals surface area contributed by atoms with Gasteiger partial charge in [0.2, 0.25) is 0 Å². The van der Waals surface area contributed by atoms with Crippen LogP contribution >= 0.6 is 0 Å². The van der Waals surface area contributed by atoms with Gasteiger partial charge in [-0.05, 0) is 25.7 Å². The van der Waals surface area contributed by atoms with Crippen molar-refractivity contribution < 1.29 is 12.8 Å². The van der Waals surface area contributed by atoms with Gasteiger partial charge in [-0.2, -0.15) is 0 Å². The Balaban J connectivity index is 2.02. The van der Waals surface area contributed by atoms with E-state index in [1.165, 1.54) is 31.9 Å². The summed E-state index contributed by atoms with van der Waals surface area (Å²) in [5.41, 5.74) is 0. The Labute approximate surface area is 114 Å². The summed E-state index contributed by atoms with van der Waals surface area (Å²) in [5.74, 6) is 0.781. The number of hydrogen-bond donors (Lipinski definition) is 1. The molecule has 1 aromatic heterocycles. The zero-order valence-electron chi connectivity index (χ0n) is 11.6. The number of nitrogens with one attached hydrogen (secondary N) is 1. The Hall–Kier alpha value is -0.880. The standard InChI is InChI=1S/C13H22N2O3S/c1-10(12-7-5-3-4-6-8-12)15-19(16,17)13-9-14-11(2)18-13/h9-10,12,15H,3-8H2,1-2H3/t10-/m0/s1. The molecule has 1 fully saturated rings. The van der Waals surface area contributed by atoms with E-state index in [1.807, 2.05) is 6.92 Å². The summed E-state index contributed by atoms with van der Waals surface area (Å²) in [6, 6.07) is -0.0616. The van der Waals surface area contributed by atoms with Gasteiger partial charge in [0, 0.05) is 13.0 Å². The van der Waals surface area contributed by atoms with Gasteiger partial charge < -0.3 is 4.42 Å². The summed E-state index contributed by atoms with van der Waals surface area (Å²) in [4.78, 5) is 3.83. The van der Waals surface area contributed by atoms with Crippen molar-refractivity contribution in [3.8, 4) is 0 Å². The SMILES string of the molecule is Cc1ncc(S(=O)(=O)N[C@@H](C)C2CCCCCC2)o1. The number of aryl methyl sites for hydroxylation is 1. The third kappa shape index (κ3) is 3.79. The van der Waals surface area contributed by atoms with Crippen LogP contribution in [0.15, 0.2) is 15.7 Å². The molecule has 1 aliphatic carbocycles. The first-order valence-electron chi connectivity index (χ1n) is 6.94. The van der Waals surface area contributed by atoms with E-state index in [1.54, 1.807) is 6.92 Å². The van der Waals surface area contributed by atoms with Gasteiger partial charge in [0.05, 0.1) is 6.20 Å². The molecule has 2 rings (SSSR count). The first-order valence-corrected chi connectivity index (χ1v) is 8.42. The van der Waals surface area contributed by atoms with E-state index in [0.29, 0.717) is 11.8 Å². The molecule has 0 saturated heterocycles. The lowest BCUT2D eigenvalue weighted by Gasteiger charge is -2.22. The normalized spacial score (nSPS) is 20.1. The van der Waals surface area contributed by atoms with Crippen LogP contribution in [-0.4, -0.2) is 19.4 Å². The number of sulfonamides is 1. The zero-order chi connectivity index (χ0) is 13.9. The predicted octanol–water partition coefficient (Wildman–Crippen LogP) is 2.62. The molecule has 6 heteroatoms. The fourth-order valence-corrected chi connectivity index (χ4v) is 3.90. The van der Waals surface area contributed by atoms with E-state index >= 15 is 0 Å². The van der Waals surface area contributed by atoms with Gasteiger partial charge in [0.15, 0.2) is 5.89 Å². The molecule has 19 heavy (non-hydrogen) atoms. The minimum atomic E-state index is -3.58. The summed E-state index contributed by atoms with van der Waals surface area (Å²) in [6.07, 6.45) is 8.36. The highest BCUT2D eigenvalue weighted by molar-refractivity contribution is 7.89. The average molecular weight is 286 g/mol. The molecule has 5 nitrogen and oxygen atoms in total. The Morgan fingerprint density at radius 3 is 2.47 bits per heavy atom. The lowest BCUT2D eigenvalue weighted by Crippen LogP contribution is -2.37. The number of oxazole rings is 1. The molecule has 0 bridgehead atoms. The molecule has 0 aromatic carbocycles. The molecule has 0 amide bonds. The second-order valence-electron chi connectivity index (χ2n) is 5.36. The van der Waals surface area contributed by atoms with Gasteiger partial charge in [-0.15, -0.1) is 0 Å². The van der Waals surface area contributed by atoms with Crippen LogP contribution in [0.2, 0.25) is 0 Å². The van der Waals surface area contributed by atoms with Crippen molar-refractivity contribution in [2.75, 3.05) is 0 Å². The first-order chi connectivity index (χ1) is 8.99. The predicted molar refractivity (Wildman–Crippen MR) is 72.2 cm³/mol. The molecule has 0 radical (unpaired) electrons. The fourth-order valence-electron chi connectivity index (χ4n) is 2.68. The minimum Gasteiger partial charge on any atom is -0.428 e. The summed E-state index contributed by atoms with van der Waals surface area (Å²) in [5, 5.41) is -0.0922. The van der Waals surface area contributed by atoms with Crippen LogP contribution in [-0.2, 0) is 10.0 Å². The quantitative estimate of drug-likeness (QED) is 0.864. The van der Waals surface area contributed by atoms with Crippen LogP contribution in [0.1, 0.15) is 51.3 Å². The zero-order valence-corrected chi connectivity index (χ0v) is 12.4. The Morgan fingerprint density at radius 2 is 1.95 bits per heavy atom. The third-order valence-corrected chi connectivity index (χ3v) is 5.21. The number of nitrogens with zero attached hydrogens (tertiary/aromatic N) is 1. The van der Waals surface area contributed by atoms with Crippen molar-refractivity contribution in [2.24, 2.45) is 5.92 Å². The maximum atomic E-state index is 12.1. The van der Waals surface area contributed by atoms with Gasteiger partial charge in [-0.3, -0.25) is 0 Å². The summed E-state index contributed by atoms with van der Waals surface area (Å²) in [7, 11) is -3.58. The van der Waals surface area contributed by atoms with Gasteiger partial charge in [0.1, 0.15) is 0 Å². The van der Waals surface area contributed by atoms with Gasteiger partial charge in [0.25, 0.3) is 15.1 Å². The highest BCUT2D eigenvalue weighted by Gasteiger charge is 2.26. The third-order valence-electron chi connectivity index (χ3n) is 3.81. The van der Waals surface area contributed by atoms with Crippen molar-refractivity contribution in [2.45, 2.75) is 63.5 Å². The van der Waals surface area contributed by atoms with Gasteiger partial charge >= 0.3 is 0 Å². The smallest absolute Gasteiger partial charge is 0.275 e. The van der Waals surface area contributed by atoms with E-state index in [9.17, 15) is 8.42 Å². The van der Waals surface area contributed by atoms with Crippen LogP contribution < -0.4 is 4.72 Å². The fraction of sp³-hybridized carbons (Fsp3) is 0.769. The minimum absolute atomic E-state index is 0.0616. The van der Waals surface area contributed by atoms with Gasteiger partial charge in [-0.25, -0.2) is 18.1 Å². The second kappa shape index (κ2) is 6.05. The average Bonchev–Trinajstić information content (AvgIpc) is 2.64. The number of hydrogen-bond acceptors (Lipinski definition) is 4. The molecular weight excluding hydrogens is 264 g/mol. The van der Waals surface area contributed by atoms with Crippen molar-refractivity contribution in [3.63, 3.8) is 0 Å². The second-order valence-corrected chi connectivity index (χ2v) is 7.00. The molecule has 0 aliphatic heterocycles. The van der Waals surface area contributed by atoms with Crippen LogP contribution in [0.3, 0.4) is 0 Å². The Morgan fingerprint density at radius 1 is 1.32 bits per heavy atom. The topological polar surface area (TPSA) is 72.2 Å². The molecule has 1 atom stereocenters. The van der Waals surface area contributed by atoms with Crippen LogP contribution in [0.5, 0.6) is 0 Å². The van der Waals surface area contributed by atoms with E-state index in [0.717, 1.165) is 12.8 Å². The van der Waals surface area contributed by atoms with Crippen LogP contribution in [0.25, 0.3) is 0 Å². The van der Waals surface area contributed by atoms with Crippen LogP contribution in [0, 0.1) is 12.8 Å². The Bertz CT molecular complexity index is 502. The molecule has 1 aliphatic rings. The number of rotatable bonds is 4. The largest absolute Gasteiger partial charge is 0.428 e. The van der Waals surface area contributed by atoms with E-state index in [2.05, 4.69) is 9.71 Å². The molecule has 1 aromatic rings. The van der Waals surface area contributed by atoms with Crippen molar-refractivity contribution in [1.29, 1.82) is 0 Å². The van der Waals surface area contributed by atoms with Crippen molar-refractivity contribution in [1.82, 2.24) is 9.71 Å². The van der Waals surface area contributed by atoms with Crippen molar-refractivity contribution in [3.05, 3.63) is 12.1 Å². The van der Waals surface area contributed by atoms with E-state index in [-0.39, 0.29) is 11.1 Å². The van der Waals surface area contributed by atoms with Crippen LogP contribution in [0.4, 0.5) is 0 Å². The van der Waals surface area contributed by atoms with Crippen molar-refractivity contribution >= 4 is 10.0 Å². The Kier molecular flexibility index (Phi) is 4.62. The van der Waals surface area contributed by atoms with E-state index in [4.69, 9.17) is 4.42 Å². The first kappa shape index (κ1) is 14.5. The highest BCUT2D eigenvalue weighted by atomic mass is 32.2. The van der Waals surface area contributed by atoms with Gasteiger partial charge in [-0.1, -0.05) is 25.7 Å². The number of aromatic nitrogens is 1. The molecule has 108 valence electrons. The molecule has 1 heterocycles. The highest BCUT2D eigenvalue weighted by Crippen LogP contribution is 2.26.